The van der Waals surface area contributed by atoms with Crippen LogP contribution in [0.3, 0.4) is 0 Å². The van der Waals surface area contributed by atoms with Crippen molar-refractivity contribution >= 4 is 17.5 Å². The lowest BCUT2D eigenvalue weighted by molar-refractivity contribution is 0.122. The Bertz CT molecular complexity index is 650. The van der Waals surface area contributed by atoms with Crippen LogP contribution >= 0.6 is 11.6 Å². The minimum atomic E-state index is 0.185. The standard InChI is InChI=1S/C13H15ClN6O/c14-11-15-12(19-5-7-21-8-6-19)17-13(16-11)20-4-3-10(18-20)9-1-2-9/h3-4,9H,1-2,5-8H2. The summed E-state index contributed by atoms with van der Waals surface area (Å²) in [6.07, 6.45) is 4.31. The van der Waals surface area contributed by atoms with Gasteiger partial charge in [0, 0.05) is 25.2 Å². The Labute approximate surface area is 126 Å². The summed E-state index contributed by atoms with van der Waals surface area (Å²) in [5.74, 6) is 1.64. The minimum Gasteiger partial charge on any atom is -0.378 e. The van der Waals surface area contributed by atoms with Crippen LogP contribution in [0.2, 0.25) is 5.28 Å². The lowest BCUT2D eigenvalue weighted by Gasteiger charge is -2.26. The van der Waals surface area contributed by atoms with Crippen molar-refractivity contribution in [2.45, 2.75) is 18.8 Å². The molecule has 1 aliphatic carbocycles. The third-order valence-corrected chi connectivity index (χ3v) is 3.86. The van der Waals surface area contributed by atoms with Gasteiger partial charge in [0.05, 0.1) is 18.9 Å². The van der Waals surface area contributed by atoms with Crippen LogP contribution in [0.15, 0.2) is 12.3 Å². The zero-order valence-electron chi connectivity index (χ0n) is 11.4. The van der Waals surface area contributed by atoms with Crippen LogP contribution < -0.4 is 4.90 Å². The summed E-state index contributed by atoms with van der Waals surface area (Å²) in [5, 5.41) is 4.72. The number of morpholine rings is 1. The van der Waals surface area contributed by atoms with Crippen molar-refractivity contribution in [3.63, 3.8) is 0 Å². The Hall–Kier alpha value is -1.73. The fourth-order valence-electron chi connectivity index (χ4n) is 2.38. The molecule has 1 aliphatic heterocycles. The van der Waals surface area contributed by atoms with Gasteiger partial charge in [0.1, 0.15) is 0 Å². The van der Waals surface area contributed by atoms with Crippen LogP contribution in [0.25, 0.3) is 5.95 Å². The highest BCUT2D eigenvalue weighted by Crippen LogP contribution is 2.38. The maximum Gasteiger partial charge on any atom is 0.256 e. The Kier molecular flexibility index (Phi) is 3.23. The molecule has 110 valence electrons. The van der Waals surface area contributed by atoms with Gasteiger partial charge in [0.15, 0.2) is 0 Å². The molecule has 2 fully saturated rings. The zero-order valence-corrected chi connectivity index (χ0v) is 12.2. The number of ether oxygens (including phenoxy) is 1. The van der Waals surface area contributed by atoms with Crippen molar-refractivity contribution in [2.75, 3.05) is 31.2 Å². The van der Waals surface area contributed by atoms with Gasteiger partial charge in [-0.15, -0.1) is 0 Å². The summed E-state index contributed by atoms with van der Waals surface area (Å²) >= 11 is 6.04. The van der Waals surface area contributed by atoms with Gasteiger partial charge in [-0.2, -0.15) is 20.1 Å². The molecule has 0 bridgehead atoms. The molecule has 2 aromatic heterocycles. The molecule has 0 aromatic carbocycles. The van der Waals surface area contributed by atoms with E-state index in [9.17, 15) is 0 Å². The number of hydrogen-bond acceptors (Lipinski definition) is 6. The highest BCUT2D eigenvalue weighted by molar-refractivity contribution is 6.28. The topological polar surface area (TPSA) is 69.0 Å². The predicted octanol–water partition coefficient (Wildman–Crippen LogP) is 1.42. The van der Waals surface area contributed by atoms with E-state index < -0.39 is 0 Å². The largest absolute Gasteiger partial charge is 0.378 e. The summed E-state index contributed by atoms with van der Waals surface area (Å²) in [6.45, 7) is 2.86. The second kappa shape index (κ2) is 5.23. The maximum atomic E-state index is 6.04. The summed E-state index contributed by atoms with van der Waals surface area (Å²) < 4.78 is 7.01. The minimum absolute atomic E-state index is 0.185. The monoisotopic (exact) mass is 306 g/mol. The second-order valence-electron chi connectivity index (χ2n) is 5.26. The molecule has 7 nitrogen and oxygen atoms in total. The number of aromatic nitrogens is 5. The van der Waals surface area contributed by atoms with E-state index in [0.717, 1.165) is 18.8 Å². The van der Waals surface area contributed by atoms with E-state index in [0.29, 0.717) is 31.0 Å². The molecule has 2 aromatic rings. The van der Waals surface area contributed by atoms with Gasteiger partial charge >= 0.3 is 0 Å². The molecule has 3 heterocycles. The molecule has 21 heavy (non-hydrogen) atoms. The van der Waals surface area contributed by atoms with Crippen LogP contribution in [0.4, 0.5) is 5.95 Å². The fourth-order valence-corrected chi connectivity index (χ4v) is 2.53. The van der Waals surface area contributed by atoms with E-state index in [1.54, 1.807) is 4.68 Å². The fraction of sp³-hybridized carbons (Fsp3) is 0.538. The van der Waals surface area contributed by atoms with Crippen molar-refractivity contribution in [1.29, 1.82) is 0 Å². The Morgan fingerprint density at radius 2 is 1.86 bits per heavy atom. The van der Waals surface area contributed by atoms with Crippen molar-refractivity contribution in [3.8, 4) is 5.95 Å². The van der Waals surface area contributed by atoms with E-state index in [1.807, 2.05) is 17.2 Å². The van der Waals surface area contributed by atoms with Gasteiger partial charge in [-0.25, -0.2) is 4.68 Å². The molecule has 1 saturated carbocycles. The molecule has 1 saturated heterocycles. The first-order valence-electron chi connectivity index (χ1n) is 7.10. The molecule has 4 rings (SSSR count). The van der Waals surface area contributed by atoms with Gasteiger partial charge in [0.25, 0.3) is 5.95 Å². The number of rotatable bonds is 3. The highest BCUT2D eigenvalue weighted by atomic mass is 35.5. The molecule has 0 amide bonds. The smallest absolute Gasteiger partial charge is 0.256 e. The van der Waals surface area contributed by atoms with E-state index in [-0.39, 0.29) is 5.28 Å². The van der Waals surface area contributed by atoms with Gasteiger partial charge in [-0.05, 0) is 30.5 Å². The molecular weight excluding hydrogens is 292 g/mol. The molecule has 0 radical (unpaired) electrons. The van der Waals surface area contributed by atoms with Gasteiger partial charge in [-0.1, -0.05) is 0 Å². The SMILES string of the molecule is Clc1nc(N2CCOCC2)nc(-n2ccc(C3CC3)n2)n1. The normalized spacial score (nSPS) is 19.0. The van der Waals surface area contributed by atoms with Crippen molar-refractivity contribution in [1.82, 2.24) is 24.7 Å². The molecule has 0 spiro atoms. The number of anilines is 1. The van der Waals surface area contributed by atoms with Crippen molar-refractivity contribution in [2.24, 2.45) is 0 Å². The Balaban J connectivity index is 1.65. The van der Waals surface area contributed by atoms with Crippen LogP contribution in [0, 0.1) is 0 Å². The number of nitrogens with zero attached hydrogens (tertiary/aromatic N) is 6. The third kappa shape index (κ3) is 2.71. The first kappa shape index (κ1) is 13.0. The first-order valence-corrected chi connectivity index (χ1v) is 7.47. The molecule has 2 aliphatic rings. The maximum absolute atomic E-state index is 6.04. The van der Waals surface area contributed by atoms with Gasteiger partial charge in [0.2, 0.25) is 11.2 Å². The zero-order chi connectivity index (χ0) is 14.2. The average Bonchev–Trinajstić information content (AvgIpc) is 3.25. The molecular formula is C13H15ClN6O. The highest BCUT2D eigenvalue weighted by Gasteiger charge is 2.26. The van der Waals surface area contributed by atoms with Gasteiger partial charge in [-0.3, -0.25) is 0 Å². The Morgan fingerprint density at radius 3 is 2.62 bits per heavy atom. The van der Waals surface area contributed by atoms with Crippen molar-refractivity contribution < 1.29 is 4.74 Å². The average molecular weight is 307 g/mol. The van der Waals surface area contributed by atoms with E-state index in [2.05, 4.69) is 20.1 Å². The van der Waals surface area contributed by atoms with E-state index >= 15 is 0 Å². The lowest BCUT2D eigenvalue weighted by atomic mass is 10.3. The molecule has 0 unspecified atom stereocenters. The summed E-state index contributed by atoms with van der Waals surface area (Å²) in [5.41, 5.74) is 1.10. The molecule has 0 atom stereocenters. The van der Waals surface area contributed by atoms with Gasteiger partial charge < -0.3 is 9.64 Å². The molecule has 8 heteroatoms. The Morgan fingerprint density at radius 1 is 1.10 bits per heavy atom. The van der Waals surface area contributed by atoms with Crippen molar-refractivity contribution in [3.05, 3.63) is 23.2 Å². The summed E-state index contributed by atoms with van der Waals surface area (Å²) in [7, 11) is 0. The summed E-state index contributed by atoms with van der Waals surface area (Å²) in [4.78, 5) is 14.9. The predicted molar refractivity (Wildman–Crippen MR) is 77.0 cm³/mol. The van der Waals surface area contributed by atoms with Crippen LogP contribution in [-0.2, 0) is 4.74 Å². The van der Waals surface area contributed by atoms with E-state index in [4.69, 9.17) is 16.3 Å². The quantitative estimate of drug-likeness (QED) is 0.854. The molecule has 0 N–H and O–H groups in total. The van der Waals surface area contributed by atoms with Crippen LogP contribution in [0.5, 0.6) is 0 Å². The lowest BCUT2D eigenvalue weighted by Crippen LogP contribution is -2.37. The van der Waals surface area contributed by atoms with E-state index in [1.165, 1.54) is 12.8 Å². The number of hydrogen-bond donors (Lipinski definition) is 0. The van der Waals surface area contributed by atoms with Crippen LogP contribution in [0.1, 0.15) is 24.5 Å². The van der Waals surface area contributed by atoms with Crippen LogP contribution in [-0.4, -0.2) is 51.0 Å². The number of halogens is 1. The summed E-state index contributed by atoms with van der Waals surface area (Å²) in [6, 6.07) is 2.02. The second-order valence-corrected chi connectivity index (χ2v) is 5.60. The first-order chi connectivity index (χ1) is 10.3. The third-order valence-electron chi connectivity index (χ3n) is 3.69.